The molecule has 0 radical (unpaired) electrons. The fourth-order valence-corrected chi connectivity index (χ4v) is 2.55. The maximum atomic E-state index is 11.2. The number of hydrogen-bond acceptors (Lipinski definition) is 3. The molecule has 0 amide bonds. The average Bonchev–Trinajstić information content (AvgIpc) is 3.00. The van der Waals surface area contributed by atoms with E-state index in [0.717, 1.165) is 31.4 Å². The summed E-state index contributed by atoms with van der Waals surface area (Å²) in [5, 5.41) is 13.4. The van der Waals surface area contributed by atoms with Crippen molar-refractivity contribution in [2.75, 3.05) is 0 Å². The summed E-state index contributed by atoms with van der Waals surface area (Å²) in [5.41, 5.74) is 1.10. The SMILES string of the molecule is C=Nc1ccnn1/C(=C(\C)C(=O)O)C1CCCC1. The van der Waals surface area contributed by atoms with Gasteiger partial charge in [0.1, 0.15) is 0 Å². The van der Waals surface area contributed by atoms with Gasteiger partial charge in [-0.1, -0.05) is 12.8 Å². The Balaban J connectivity index is 2.52. The van der Waals surface area contributed by atoms with Gasteiger partial charge in [0.05, 0.1) is 17.5 Å². The number of aliphatic carboxylic acids is 1. The molecular weight excluding hydrogens is 230 g/mol. The molecule has 5 heteroatoms. The van der Waals surface area contributed by atoms with E-state index >= 15 is 0 Å². The molecule has 96 valence electrons. The topological polar surface area (TPSA) is 67.5 Å². The summed E-state index contributed by atoms with van der Waals surface area (Å²) in [4.78, 5) is 15.1. The molecule has 1 aliphatic carbocycles. The van der Waals surface area contributed by atoms with E-state index in [0.29, 0.717) is 11.4 Å². The van der Waals surface area contributed by atoms with Gasteiger partial charge in [-0.2, -0.15) is 5.10 Å². The second kappa shape index (κ2) is 5.16. The van der Waals surface area contributed by atoms with Crippen molar-refractivity contribution in [2.45, 2.75) is 32.6 Å². The van der Waals surface area contributed by atoms with Gasteiger partial charge in [-0.15, -0.1) is 0 Å². The van der Waals surface area contributed by atoms with Gasteiger partial charge >= 0.3 is 5.97 Å². The van der Waals surface area contributed by atoms with Crippen molar-refractivity contribution >= 4 is 24.2 Å². The van der Waals surface area contributed by atoms with Gasteiger partial charge in [-0.3, -0.25) is 0 Å². The molecule has 0 atom stereocenters. The minimum atomic E-state index is -0.901. The third kappa shape index (κ3) is 2.20. The minimum absolute atomic E-state index is 0.251. The van der Waals surface area contributed by atoms with Crippen molar-refractivity contribution in [3.63, 3.8) is 0 Å². The lowest BCUT2D eigenvalue weighted by Crippen LogP contribution is -2.13. The fraction of sp³-hybridized carbons (Fsp3) is 0.462. The predicted octanol–water partition coefficient (Wildman–Crippen LogP) is 2.72. The number of aliphatic imine (C=N–C) groups is 1. The van der Waals surface area contributed by atoms with Crippen LogP contribution in [-0.4, -0.2) is 27.6 Å². The molecule has 1 saturated carbocycles. The van der Waals surface area contributed by atoms with Crippen LogP contribution >= 0.6 is 0 Å². The first kappa shape index (κ1) is 12.5. The van der Waals surface area contributed by atoms with Crippen LogP contribution < -0.4 is 0 Å². The Hall–Kier alpha value is -1.91. The normalized spacial score (nSPS) is 17.6. The molecule has 0 unspecified atom stereocenters. The van der Waals surface area contributed by atoms with E-state index in [1.165, 1.54) is 0 Å². The molecule has 1 aromatic rings. The molecule has 0 aromatic carbocycles. The van der Waals surface area contributed by atoms with Crippen LogP contribution in [0.3, 0.4) is 0 Å². The molecule has 1 fully saturated rings. The van der Waals surface area contributed by atoms with E-state index in [4.69, 9.17) is 0 Å². The highest BCUT2D eigenvalue weighted by molar-refractivity contribution is 5.93. The molecule has 0 saturated heterocycles. The molecule has 5 nitrogen and oxygen atoms in total. The molecule has 0 spiro atoms. The first-order valence-corrected chi connectivity index (χ1v) is 6.10. The lowest BCUT2D eigenvalue weighted by molar-refractivity contribution is -0.132. The number of carboxylic acid groups (broad SMARTS) is 1. The molecule has 1 heterocycles. The summed E-state index contributed by atoms with van der Waals surface area (Å²) in [7, 11) is 0. The Kier molecular flexibility index (Phi) is 3.60. The van der Waals surface area contributed by atoms with Crippen molar-refractivity contribution in [1.29, 1.82) is 0 Å². The molecule has 1 aliphatic rings. The van der Waals surface area contributed by atoms with Gasteiger partial charge in [0, 0.05) is 12.0 Å². The summed E-state index contributed by atoms with van der Waals surface area (Å²) in [6, 6.07) is 1.73. The van der Waals surface area contributed by atoms with Gasteiger partial charge in [0.25, 0.3) is 0 Å². The van der Waals surface area contributed by atoms with E-state index in [1.807, 2.05) is 0 Å². The van der Waals surface area contributed by atoms with Crippen LogP contribution in [0.4, 0.5) is 5.82 Å². The summed E-state index contributed by atoms with van der Waals surface area (Å²) in [6.07, 6.45) is 5.92. The van der Waals surface area contributed by atoms with Crippen LogP contribution in [-0.2, 0) is 4.79 Å². The van der Waals surface area contributed by atoms with E-state index in [9.17, 15) is 9.90 Å². The monoisotopic (exact) mass is 247 g/mol. The van der Waals surface area contributed by atoms with Gasteiger partial charge < -0.3 is 5.11 Å². The van der Waals surface area contributed by atoms with Crippen LogP contribution in [0.1, 0.15) is 32.6 Å². The summed E-state index contributed by atoms with van der Waals surface area (Å²) < 4.78 is 1.62. The van der Waals surface area contributed by atoms with Crippen molar-refractivity contribution in [1.82, 2.24) is 9.78 Å². The Morgan fingerprint density at radius 2 is 2.22 bits per heavy atom. The Morgan fingerprint density at radius 3 is 2.78 bits per heavy atom. The van der Waals surface area contributed by atoms with Gasteiger partial charge in [-0.25, -0.2) is 14.5 Å². The first-order valence-electron chi connectivity index (χ1n) is 6.10. The largest absolute Gasteiger partial charge is 0.478 e. The summed E-state index contributed by atoms with van der Waals surface area (Å²) in [6.45, 7) is 5.13. The number of carboxylic acids is 1. The number of hydrogen-bond donors (Lipinski definition) is 1. The van der Waals surface area contributed by atoms with E-state index in [-0.39, 0.29) is 5.92 Å². The van der Waals surface area contributed by atoms with Crippen molar-refractivity contribution in [3.05, 3.63) is 17.8 Å². The van der Waals surface area contributed by atoms with E-state index in [1.54, 1.807) is 23.9 Å². The van der Waals surface area contributed by atoms with E-state index < -0.39 is 5.97 Å². The predicted molar refractivity (Wildman–Crippen MR) is 69.9 cm³/mol. The lowest BCUT2D eigenvalue weighted by Gasteiger charge is -2.18. The second-order valence-corrected chi connectivity index (χ2v) is 4.56. The number of nitrogens with zero attached hydrogens (tertiary/aromatic N) is 3. The molecule has 0 bridgehead atoms. The first-order chi connectivity index (χ1) is 8.65. The highest BCUT2D eigenvalue weighted by Crippen LogP contribution is 2.36. The number of aromatic nitrogens is 2. The standard InChI is InChI=1S/C13H17N3O2/c1-9(13(17)18)12(10-5-3-4-6-10)16-11(14-2)7-8-15-16/h7-8,10H,2-6H2,1H3,(H,17,18)/b12-9+. The Labute approximate surface area is 106 Å². The third-order valence-corrected chi connectivity index (χ3v) is 3.46. The van der Waals surface area contributed by atoms with E-state index in [2.05, 4.69) is 16.8 Å². The zero-order valence-electron chi connectivity index (χ0n) is 10.5. The molecule has 1 aromatic heterocycles. The van der Waals surface area contributed by atoms with Crippen LogP contribution in [0.15, 0.2) is 22.8 Å². The number of carbonyl (C=O) groups is 1. The van der Waals surface area contributed by atoms with Crippen molar-refractivity contribution in [2.24, 2.45) is 10.9 Å². The van der Waals surface area contributed by atoms with Crippen LogP contribution in [0, 0.1) is 5.92 Å². The van der Waals surface area contributed by atoms with Crippen LogP contribution in [0.25, 0.3) is 5.70 Å². The molecule has 18 heavy (non-hydrogen) atoms. The molecular formula is C13H17N3O2. The fourth-order valence-electron chi connectivity index (χ4n) is 2.55. The van der Waals surface area contributed by atoms with Crippen molar-refractivity contribution in [3.8, 4) is 0 Å². The van der Waals surface area contributed by atoms with Gasteiger partial charge in [-0.05, 0) is 26.5 Å². The average molecular weight is 247 g/mol. The molecule has 2 rings (SSSR count). The van der Waals surface area contributed by atoms with Crippen LogP contribution in [0.2, 0.25) is 0 Å². The summed E-state index contributed by atoms with van der Waals surface area (Å²) >= 11 is 0. The Morgan fingerprint density at radius 1 is 1.56 bits per heavy atom. The lowest BCUT2D eigenvalue weighted by atomic mass is 9.99. The molecule has 1 N–H and O–H groups in total. The highest BCUT2D eigenvalue weighted by atomic mass is 16.4. The van der Waals surface area contributed by atoms with Crippen molar-refractivity contribution < 1.29 is 9.90 Å². The van der Waals surface area contributed by atoms with Crippen LogP contribution in [0.5, 0.6) is 0 Å². The smallest absolute Gasteiger partial charge is 0.333 e. The Bertz CT molecular complexity index is 496. The number of allylic oxidation sites excluding steroid dienone is 1. The minimum Gasteiger partial charge on any atom is -0.478 e. The summed E-state index contributed by atoms with van der Waals surface area (Å²) in [5.74, 6) is -0.0542. The highest BCUT2D eigenvalue weighted by Gasteiger charge is 2.26. The molecule has 0 aliphatic heterocycles. The quantitative estimate of drug-likeness (QED) is 0.657. The van der Waals surface area contributed by atoms with Gasteiger partial charge in [0.2, 0.25) is 0 Å². The second-order valence-electron chi connectivity index (χ2n) is 4.56. The zero-order chi connectivity index (χ0) is 13.1. The number of rotatable bonds is 4. The van der Waals surface area contributed by atoms with Gasteiger partial charge in [0.15, 0.2) is 5.82 Å². The maximum absolute atomic E-state index is 11.2. The zero-order valence-corrected chi connectivity index (χ0v) is 10.5. The third-order valence-electron chi connectivity index (χ3n) is 3.46. The maximum Gasteiger partial charge on any atom is 0.333 e.